The predicted octanol–water partition coefficient (Wildman–Crippen LogP) is 1.66. The molecular formula is C13H27NO2. The van der Waals surface area contributed by atoms with E-state index in [0.29, 0.717) is 5.92 Å². The second-order valence-electron chi connectivity index (χ2n) is 5.63. The van der Waals surface area contributed by atoms with Crippen molar-refractivity contribution in [2.45, 2.75) is 70.6 Å². The molecule has 1 saturated carbocycles. The van der Waals surface area contributed by atoms with Crippen molar-refractivity contribution in [1.29, 1.82) is 0 Å². The Bertz CT molecular complexity index is 190. The minimum atomic E-state index is -0.776. The summed E-state index contributed by atoms with van der Waals surface area (Å²) in [5.74, 6) is 0.713. The molecule has 0 aromatic carbocycles. The van der Waals surface area contributed by atoms with Gasteiger partial charge in [-0.15, -0.1) is 0 Å². The van der Waals surface area contributed by atoms with Gasteiger partial charge in [0.1, 0.15) is 0 Å². The van der Waals surface area contributed by atoms with Gasteiger partial charge >= 0.3 is 0 Å². The molecule has 0 unspecified atom stereocenters. The first kappa shape index (κ1) is 13.9. The summed E-state index contributed by atoms with van der Waals surface area (Å²) in [4.78, 5) is 0. The molecule has 1 aliphatic carbocycles. The van der Waals surface area contributed by atoms with Crippen LogP contribution < -0.4 is 5.73 Å². The topological polar surface area (TPSA) is 66.5 Å². The number of hydrogen-bond acceptors (Lipinski definition) is 3. The van der Waals surface area contributed by atoms with E-state index in [2.05, 4.69) is 0 Å². The van der Waals surface area contributed by atoms with Crippen LogP contribution in [0.3, 0.4) is 0 Å². The van der Waals surface area contributed by atoms with Gasteiger partial charge < -0.3 is 15.9 Å². The fourth-order valence-corrected chi connectivity index (χ4v) is 2.59. The molecule has 3 heteroatoms. The lowest BCUT2D eigenvalue weighted by Crippen LogP contribution is -2.46. The summed E-state index contributed by atoms with van der Waals surface area (Å²) in [7, 11) is 0. The molecule has 1 aliphatic rings. The summed E-state index contributed by atoms with van der Waals surface area (Å²) in [6, 6.07) is -0.277. The lowest BCUT2D eigenvalue weighted by molar-refractivity contribution is -0.0257. The van der Waals surface area contributed by atoms with E-state index in [-0.39, 0.29) is 12.0 Å². The van der Waals surface area contributed by atoms with Gasteiger partial charge in [-0.2, -0.15) is 0 Å². The van der Waals surface area contributed by atoms with E-state index < -0.39 is 12.2 Å². The van der Waals surface area contributed by atoms with Crippen LogP contribution in [0.15, 0.2) is 0 Å². The van der Waals surface area contributed by atoms with Gasteiger partial charge in [-0.25, -0.2) is 0 Å². The van der Waals surface area contributed by atoms with Crippen molar-refractivity contribution < 1.29 is 10.2 Å². The SMILES string of the molecule is CC(C)[C@H](O)[C@H](O)[C@@H](N)CC1CCCCC1. The maximum Gasteiger partial charge on any atom is 0.0952 e. The maximum atomic E-state index is 9.91. The molecule has 0 heterocycles. The standard InChI is InChI=1S/C13H27NO2/c1-9(2)12(15)13(16)11(14)8-10-6-4-3-5-7-10/h9-13,15-16H,3-8,14H2,1-2H3/t11-,12-,13+/m0/s1. The average Bonchev–Trinajstić information content (AvgIpc) is 2.28. The highest BCUT2D eigenvalue weighted by Gasteiger charge is 2.28. The zero-order chi connectivity index (χ0) is 12.1. The van der Waals surface area contributed by atoms with Gasteiger partial charge in [0.05, 0.1) is 12.2 Å². The quantitative estimate of drug-likeness (QED) is 0.671. The number of nitrogens with two attached hydrogens (primary N) is 1. The van der Waals surface area contributed by atoms with Crippen molar-refractivity contribution in [3.63, 3.8) is 0 Å². The molecule has 3 atom stereocenters. The first-order chi connectivity index (χ1) is 7.52. The highest BCUT2D eigenvalue weighted by atomic mass is 16.3. The summed E-state index contributed by atoms with van der Waals surface area (Å²) in [5, 5.41) is 19.7. The monoisotopic (exact) mass is 229 g/mol. The normalized spacial score (nSPS) is 24.4. The highest BCUT2D eigenvalue weighted by Crippen LogP contribution is 2.28. The minimum Gasteiger partial charge on any atom is -0.390 e. The van der Waals surface area contributed by atoms with E-state index in [1.165, 1.54) is 32.1 Å². The Morgan fingerprint density at radius 1 is 1.06 bits per heavy atom. The molecule has 16 heavy (non-hydrogen) atoms. The predicted molar refractivity (Wildman–Crippen MR) is 66.0 cm³/mol. The van der Waals surface area contributed by atoms with Gasteiger partial charge in [-0.05, 0) is 18.3 Å². The van der Waals surface area contributed by atoms with E-state index in [1.54, 1.807) is 0 Å². The maximum absolute atomic E-state index is 9.91. The molecule has 0 saturated heterocycles. The number of hydrogen-bond donors (Lipinski definition) is 3. The molecule has 0 bridgehead atoms. The van der Waals surface area contributed by atoms with Crippen LogP contribution in [0.25, 0.3) is 0 Å². The Morgan fingerprint density at radius 2 is 1.62 bits per heavy atom. The molecule has 0 amide bonds. The molecule has 0 spiro atoms. The van der Waals surface area contributed by atoms with E-state index in [9.17, 15) is 10.2 Å². The summed E-state index contributed by atoms with van der Waals surface area (Å²) < 4.78 is 0. The summed E-state index contributed by atoms with van der Waals surface area (Å²) in [5.41, 5.74) is 5.98. The molecule has 4 N–H and O–H groups in total. The Hall–Kier alpha value is -0.120. The van der Waals surface area contributed by atoms with Crippen molar-refractivity contribution in [1.82, 2.24) is 0 Å². The Balaban J connectivity index is 2.35. The summed E-state index contributed by atoms with van der Waals surface area (Å²) in [6.07, 6.45) is 5.77. The molecule has 0 aliphatic heterocycles. The highest BCUT2D eigenvalue weighted by molar-refractivity contribution is 4.83. The van der Waals surface area contributed by atoms with Crippen LogP contribution in [0.4, 0.5) is 0 Å². The third-order valence-corrected chi connectivity index (χ3v) is 3.80. The zero-order valence-corrected chi connectivity index (χ0v) is 10.6. The Kier molecular flexibility index (Phi) is 5.73. The third-order valence-electron chi connectivity index (χ3n) is 3.80. The second kappa shape index (κ2) is 6.58. The minimum absolute atomic E-state index is 0.0624. The summed E-state index contributed by atoms with van der Waals surface area (Å²) >= 11 is 0. The van der Waals surface area contributed by atoms with Gasteiger partial charge in [-0.1, -0.05) is 46.0 Å². The molecule has 96 valence electrons. The van der Waals surface area contributed by atoms with Gasteiger partial charge in [0.25, 0.3) is 0 Å². The van der Waals surface area contributed by atoms with Crippen LogP contribution >= 0.6 is 0 Å². The molecule has 0 radical (unpaired) electrons. The largest absolute Gasteiger partial charge is 0.390 e. The number of aliphatic hydroxyl groups is 2. The molecular weight excluding hydrogens is 202 g/mol. The van der Waals surface area contributed by atoms with Crippen LogP contribution in [0, 0.1) is 11.8 Å². The van der Waals surface area contributed by atoms with Crippen LogP contribution in [-0.2, 0) is 0 Å². The zero-order valence-electron chi connectivity index (χ0n) is 10.6. The van der Waals surface area contributed by atoms with Gasteiger partial charge in [0.15, 0.2) is 0 Å². The van der Waals surface area contributed by atoms with Crippen LogP contribution in [0.2, 0.25) is 0 Å². The smallest absolute Gasteiger partial charge is 0.0952 e. The molecule has 1 rings (SSSR count). The number of aliphatic hydroxyl groups excluding tert-OH is 2. The fourth-order valence-electron chi connectivity index (χ4n) is 2.59. The van der Waals surface area contributed by atoms with Crippen LogP contribution in [0.5, 0.6) is 0 Å². The van der Waals surface area contributed by atoms with E-state index in [0.717, 1.165) is 6.42 Å². The number of rotatable bonds is 5. The second-order valence-corrected chi connectivity index (χ2v) is 5.63. The van der Waals surface area contributed by atoms with Crippen LogP contribution in [0.1, 0.15) is 52.4 Å². The van der Waals surface area contributed by atoms with Crippen molar-refractivity contribution in [3.05, 3.63) is 0 Å². The third kappa shape index (κ3) is 4.04. The van der Waals surface area contributed by atoms with Crippen molar-refractivity contribution in [3.8, 4) is 0 Å². The fraction of sp³-hybridized carbons (Fsp3) is 1.00. The average molecular weight is 229 g/mol. The first-order valence-corrected chi connectivity index (χ1v) is 6.64. The van der Waals surface area contributed by atoms with Crippen LogP contribution in [-0.4, -0.2) is 28.5 Å². The summed E-state index contributed by atoms with van der Waals surface area (Å²) in [6.45, 7) is 3.81. The van der Waals surface area contributed by atoms with Crippen molar-refractivity contribution >= 4 is 0 Å². The van der Waals surface area contributed by atoms with Crippen molar-refractivity contribution in [2.24, 2.45) is 17.6 Å². The van der Waals surface area contributed by atoms with Gasteiger partial charge in [-0.3, -0.25) is 0 Å². The van der Waals surface area contributed by atoms with Gasteiger partial charge in [0.2, 0.25) is 0 Å². The molecule has 0 aromatic rings. The lowest BCUT2D eigenvalue weighted by Gasteiger charge is -2.30. The molecule has 3 nitrogen and oxygen atoms in total. The molecule has 1 fully saturated rings. The van der Waals surface area contributed by atoms with E-state index >= 15 is 0 Å². The Labute approximate surface area is 99.0 Å². The van der Waals surface area contributed by atoms with E-state index in [4.69, 9.17) is 5.73 Å². The van der Waals surface area contributed by atoms with Crippen molar-refractivity contribution in [2.75, 3.05) is 0 Å². The van der Waals surface area contributed by atoms with E-state index in [1.807, 2.05) is 13.8 Å². The Morgan fingerprint density at radius 3 is 2.12 bits per heavy atom. The molecule has 0 aromatic heterocycles. The first-order valence-electron chi connectivity index (χ1n) is 6.64. The van der Waals surface area contributed by atoms with Gasteiger partial charge in [0, 0.05) is 6.04 Å². The lowest BCUT2D eigenvalue weighted by atomic mass is 9.82.